The molecule has 2 aromatic heterocycles. The number of rotatable bonds is 4. The van der Waals surface area contributed by atoms with Gasteiger partial charge in [-0.1, -0.05) is 35.0 Å². The highest BCUT2D eigenvalue weighted by Gasteiger charge is 2.26. The molecule has 0 aliphatic carbocycles. The van der Waals surface area contributed by atoms with Crippen molar-refractivity contribution in [3.8, 4) is 22.6 Å². The van der Waals surface area contributed by atoms with E-state index >= 15 is 0 Å². The Bertz CT molecular complexity index is 985. The van der Waals surface area contributed by atoms with Gasteiger partial charge in [-0.3, -0.25) is 4.98 Å². The third-order valence-corrected chi connectivity index (χ3v) is 4.48. The lowest BCUT2D eigenvalue weighted by atomic mass is 9.95. The van der Waals surface area contributed by atoms with Crippen molar-refractivity contribution in [3.05, 3.63) is 95.0 Å². The molecule has 2 aromatic carbocycles. The standard InChI is InChI=1S/C21H14ClFN2O2/c22-16-7-3-13(4-8-16)19-18(20(26)15-2-1-11-24-12-15)21(27-25-19)14-5-9-17(23)10-6-14/h1-12,20,26H. The molecule has 2 heterocycles. The Morgan fingerprint density at radius 2 is 1.67 bits per heavy atom. The SMILES string of the molecule is OC(c1cccnc1)c1c(-c2ccc(Cl)cc2)noc1-c1ccc(F)cc1. The lowest BCUT2D eigenvalue weighted by Crippen LogP contribution is -2.02. The predicted molar refractivity (Wildman–Crippen MR) is 101 cm³/mol. The monoisotopic (exact) mass is 380 g/mol. The maximum absolute atomic E-state index is 13.3. The van der Waals surface area contributed by atoms with Gasteiger partial charge in [0.05, 0.1) is 5.56 Å². The van der Waals surface area contributed by atoms with Crippen LogP contribution in [0.15, 0.2) is 77.6 Å². The minimum Gasteiger partial charge on any atom is -0.383 e. The van der Waals surface area contributed by atoms with Crippen LogP contribution in [0.4, 0.5) is 4.39 Å². The van der Waals surface area contributed by atoms with Crippen molar-refractivity contribution >= 4 is 11.6 Å². The van der Waals surface area contributed by atoms with E-state index in [1.165, 1.54) is 12.1 Å². The molecule has 1 unspecified atom stereocenters. The van der Waals surface area contributed by atoms with Gasteiger partial charge in [-0.15, -0.1) is 0 Å². The molecule has 1 atom stereocenters. The van der Waals surface area contributed by atoms with E-state index in [0.29, 0.717) is 33.2 Å². The lowest BCUT2D eigenvalue weighted by Gasteiger charge is -2.12. The minimum absolute atomic E-state index is 0.356. The normalized spacial score (nSPS) is 12.1. The molecule has 0 fully saturated rings. The predicted octanol–water partition coefficient (Wildman–Crippen LogP) is 5.28. The molecule has 4 aromatic rings. The molecule has 27 heavy (non-hydrogen) atoms. The van der Waals surface area contributed by atoms with Gasteiger partial charge >= 0.3 is 0 Å². The average molecular weight is 381 g/mol. The zero-order valence-electron chi connectivity index (χ0n) is 14.0. The zero-order chi connectivity index (χ0) is 18.8. The number of hydrogen-bond acceptors (Lipinski definition) is 4. The lowest BCUT2D eigenvalue weighted by molar-refractivity contribution is 0.220. The van der Waals surface area contributed by atoms with E-state index in [4.69, 9.17) is 16.1 Å². The van der Waals surface area contributed by atoms with Gasteiger partial charge in [0.1, 0.15) is 17.6 Å². The summed E-state index contributed by atoms with van der Waals surface area (Å²) < 4.78 is 18.9. The Morgan fingerprint density at radius 3 is 2.33 bits per heavy atom. The molecule has 0 aliphatic rings. The Kier molecular flexibility index (Phi) is 4.71. The number of halogens is 2. The molecule has 0 saturated carbocycles. The van der Waals surface area contributed by atoms with Crippen LogP contribution in [-0.4, -0.2) is 15.2 Å². The topological polar surface area (TPSA) is 59.2 Å². The Morgan fingerprint density at radius 1 is 0.963 bits per heavy atom. The highest BCUT2D eigenvalue weighted by atomic mass is 35.5. The molecule has 0 radical (unpaired) electrons. The first-order valence-corrected chi connectivity index (χ1v) is 8.60. The van der Waals surface area contributed by atoms with Crippen molar-refractivity contribution in [2.45, 2.75) is 6.10 Å². The molecule has 4 rings (SSSR count). The van der Waals surface area contributed by atoms with E-state index in [9.17, 15) is 9.50 Å². The molecule has 6 heteroatoms. The van der Waals surface area contributed by atoms with Gasteiger partial charge in [-0.25, -0.2) is 4.39 Å². The number of nitrogens with zero attached hydrogens (tertiary/aromatic N) is 2. The number of aliphatic hydroxyl groups excluding tert-OH is 1. The van der Waals surface area contributed by atoms with Gasteiger partial charge in [0, 0.05) is 34.1 Å². The van der Waals surface area contributed by atoms with Crippen molar-refractivity contribution in [2.24, 2.45) is 0 Å². The van der Waals surface area contributed by atoms with Crippen molar-refractivity contribution < 1.29 is 14.0 Å². The van der Waals surface area contributed by atoms with Gasteiger partial charge < -0.3 is 9.63 Å². The van der Waals surface area contributed by atoms with Crippen LogP contribution in [0.1, 0.15) is 17.2 Å². The summed E-state index contributed by atoms with van der Waals surface area (Å²) in [5.74, 6) is 0.0156. The van der Waals surface area contributed by atoms with Gasteiger partial charge in [0.25, 0.3) is 0 Å². The molecule has 134 valence electrons. The fourth-order valence-corrected chi connectivity index (χ4v) is 3.01. The molecule has 0 aliphatic heterocycles. The molecule has 0 amide bonds. The molecular weight excluding hydrogens is 367 g/mol. The quantitative estimate of drug-likeness (QED) is 0.523. The Labute approximate surface area is 159 Å². The van der Waals surface area contributed by atoms with Gasteiger partial charge in [-0.2, -0.15) is 0 Å². The third-order valence-electron chi connectivity index (χ3n) is 4.23. The van der Waals surface area contributed by atoms with Crippen molar-refractivity contribution in [3.63, 3.8) is 0 Å². The largest absolute Gasteiger partial charge is 0.383 e. The summed E-state index contributed by atoms with van der Waals surface area (Å²) in [5, 5.41) is 15.8. The molecule has 0 bridgehead atoms. The van der Waals surface area contributed by atoms with E-state index in [0.717, 1.165) is 5.56 Å². The summed E-state index contributed by atoms with van der Waals surface area (Å²) in [6.45, 7) is 0. The van der Waals surface area contributed by atoms with E-state index in [2.05, 4.69) is 10.1 Å². The zero-order valence-corrected chi connectivity index (χ0v) is 14.8. The Balaban J connectivity index is 1.89. The van der Waals surface area contributed by atoms with Crippen LogP contribution in [-0.2, 0) is 0 Å². The fraction of sp³-hybridized carbons (Fsp3) is 0.0476. The number of hydrogen-bond donors (Lipinski definition) is 1. The van der Waals surface area contributed by atoms with E-state index < -0.39 is 6.10 Å². The fourth-order valence-electron chi connectivity index (χ4n) is 2.88. The summed E-state index contributed by atoms with van der Waals surface area (Å²) in [7, 11) is 0. The van der Waals surface area contributed by atoms with Gasteiger partial charge in [0.15, 0.2) is 5.76 Å². The van der Waals surface area contributed by atoms with Crippen LogP contribution in [0.25, 0.3) is 22.6 Å². The van der Waals surface area contributed by atoms with Crippen molar-refractivity contribution in [2.75, 3.05) is 0 Å². The highest BCUT2D eigenvalue weighted by Crippen LogP contribution is 2.39. The minimum atomic E-state index is -1.02. The molecule has 0 saturated heterocycles. The number of aromatic nitrogens is 2. The smallest absolute Gasteiger partial charge is 0.173 e. The van der Waals surface area contributed by atoms with Crippen LogP contribution in [0, 0.1) is 5.82 Å². The molecule has 0 spiro atoms. The van der Waals surface area contributed by atoms with Crippen LogP contribution in [0.2, 0.25) is 5.02 Å². The second-order valence-electron chi connectivity index (χ2n) is 5.98. The van der Waals surface area contributed by atoms with E-state index in [-0.39, 0.29) is 5.82 Å². The van der Waals surface area contributed by atoms with E-state index in [1.807, 2.05) is 0 Å². The van der Waals surface area contributed by atoms with Gasteiger partial charge in [-0.05, 0) is 42.5 Å². The molecule has 1 N–H and O–H groups in total. The summed E-state index contributed by atoms with van der Waals surface area (Å²) in [4.78, 5) is 4.07. The average Bonchev–Trinajstić information content (AvgIpc) is 3.14. The molecular formula is C21H14ClFN2O2. The summed E-state index contributed by atoms with van der Waals surface area (Å²) in [6, 6.07) is 16.4. The molecule has 4 nitrogen and oxygen atoms in total. The Hall–Kier alpha value is -3.02. The first-order chi connectivity index (χ1) is 13.1. The number of aliphatic hydroxyl groups is 1. The van der Waals surface area contributed by atoms with Gasteiger partial charge in [0.2, 0.25) is 0 Å². The van der Waals surface area contributed by atoms with Crippen LogP contribution in [0.3, 0.4) is 0 Å². The maximum Gasteiger partial charge on any atom is 0.173 e. The second kappa shape index (κ2) is 7.31. The summed E-state index contributed by atoms with van der Waals surface area (Å²) in [5.41, 5.74) is 2.93. The number of benzene rings is 2. The highest BCUT2D eigenvalue weighted by molar-refractivity contribution is 6.30. The summed E-state index contributed by atoms with van der Waals surface area (Å²) in [6.07, 6.45) is 2.19. The maximum atomic E-state index is 13.3. The van der Waals surface area contributed by atoms with E-state index in [1.54, 1.807) is 60.9 Å². The van der Waals surface area contributed by atoms with Crippen LogP contribution in [0.5, 0.6) is 0 Å². The number of pyridine rings is 1. The van der Waals surface area contributed by atoms with Crippen molar-refractivity contribution in [1.82, 2.24) is 10.1 Å². The first kappa shape index (κ1) is 17.4. The second-order valence-corrected chi connectivity index (χ2v) is 6.41. The first-order valence-electron chi connectivity index (χ1n) is 8.23. The van der Waals surface area contributed by atoms with Crippen LogP contribution < -0.4 is 0 Å². The summed E-state index contributed by atoms with van der Waals surface area (Å²) >= 11 is 5.98. The van der Waals surface area contributed by atoms with Crippen LogP contribution >= 0.6 is 11.6 Å². The van der Waals surface area contributed by atoms with Crippen molar-refractivity contribution in [1.29, 1.82) is 0 Å². The third kappa shape index (κ3) is 3.47.